The summed E-state index contributed by atoms with van der Waals surface area (Å²) in [6.45, 7) is 0. The highest BCUT2D eigenvalue weighted by Crippen LogP contribution is 2.28. The van der Waals surface area contributed by atoms with Crippen molar-refractivity contribution < 1.29 is 13.5 Å². The maximum atomic E-state index is 13.7. The third-order valence-corrected chi connectivity index (χ3v) is 2.55. The Bertz CT molecular complexity index is 592. The van der Waals surface area contributed by atoms with Gasteiger partial charge < -0.3 is 4.74 Å². The second kappa shape index (κ2) is 4.84. The first-order valence-electron chi connectivity index (χ1n) is 5.19. The number of ether oxygens (including phenoxy) is 1. The Hall–Kier alpha value is -2.41. The van der Waals surface area contributed by atoms with E-state index in [1.807, 2.05) is 0 Å². The zero-order valence-corrected chi connectivity index (χ0v) is 9.58. The highest BCUT2D eigenvalue weighted by molar-refractivity contribution is 5.66. The molecule has 0 aliphatic rings. The van der Waals surface area contributed by atoms with Gasteiger partial charge in [0.1, 0.15) is 17.4 Å². The van der Waals surface area contributed by atoms with Crippen LogP contribution in [-0.2, 0) is 0 Å². The smallest absolute Gasteiger partial charge is 0.135 e. The number of halogens is 2. The summed E-state index contributed by atoms with van der Waals surface area (Å²) in [6.07, 6.45) is 0. The van der Waals surface area contributed by atoms with Crippen molar-refractivity contribution in [3.8, 4) is 22.9 Å². The fraction of sp³-hybridized carbons (Fsp3) is 0.0714. The van der Waals surface area contributed by atoms with Crippen LogP contribution in [0.1, 0.15) is 5.56 Å². The van der Waals surface area contributed by atoms with Gasteiger partial charge in [0, 0.05) is 0 Å². The van der Waals surface area contributed by atoms with Crippen LogP contribution in [0.25, 0.3) is 11.1 Å². The zero-order valence-electron chi connectivity index (χ0n) is 9.58. The summed E-state index contributed by atoms with van der Waals surface area (Å²) < 4.78 is 32.5. The molecule has 0 fully saturated rings. The minimum Gasteiger partial charge on any atom is -0.497 e. The normalized spacial score (nSPS) is 9.89. The molecule has 0 bridgehead atoms. The molecule has 2 nitrogen and oxygen atoms in total. The maximum absolute atomic E-state index is 13.7. The fourth-order valence-corrected chi connectivity index (χ4v) is 1.67. The summed E-state index contributed by atoms with van der Waals surface area (Å²) in [4.78, 5) is 0. The minimum absolute atomic E-state index is 0.0396. The van der Waals surface area contributed by atoms with Crippen molar-refractivity contribution in [2.45, 2.75) is 0 Å². The van der Waals surface area contributed by atoms with Crippen LogP contribution >= 0.6 is 0 Å². The van der Waals surface area contributed by atoms with Crippen molar-refractivity contribution in [3.63, 3.8) is 0 Å². The van der Waals surface area contributed by atoms with E-state index < -0.39 is 11.6 Å². The SMILES string of the molecule is COc1ccc(-c2c(F)cc(C#N)cc2F)cc1. The summed E-state index contributed by atoms with van der Waals surface area (Å²) in [5.41, 5.74) is 0.217. The molecule has 18 heavy (non-hydrogen) atoms. The first-order valence-corrected chi connectivity index (χ1v) is 5.19. The molecule has 0 aliphatic carbocycles. The number of benzene rings is 2. The van der Waals surface area contributed by atoms with Crippen molar-refractivity contribution in [1.29, 1.82) is 5.26 Å². The second-order valence-corrected chi connectivity index (χ2v) is 3.66. The van der Waals surface area contributed by atoms with E-state index in [2.05, 4.69) is 0 Å². The van der Waals surface area contributed by atoms with Crippen molar-refractivity contribution >= 4 is 0 Å². The van der Waals surface area contributed by atoms with Gasteiger partial charge in [-0.2, -0.15) is 5.26 Å². The van der Waals surface area contributed by atoms with Gasteiger partial charge in [-0.1, -0.05) is 12.1 Å². The summed E-state index contributed by atoms with van der Waals surface area (Å²) in [7, 11) is 1.51. The average molecular weight is 245 g/mol. The average Bonchev–Trinajstić information content (AvgIpc) is 2.38. The summed E-state index contributed by atoms with van der Waals surface area (Å²) in [6, 6.07) is 10.1. The molecule has 0 aliphatic heterocycles. The van der Waals surface area contributed by atoms with Gasteiger partial charge in [-0.15, -0.1) is 0 Å². The Balaban J connectivity index is 2.53. The van der Waals surface area contributed by atoms with Gasteiger partial charge in [0.15, 0.2) is 0 Å². The van der Waals surface area contributed by atoms with Crippen LogP contribution in [0.15, 0.2) is 36.4 Å². The second-order valence-electron chi connectivity index (χ2n) is 3.66. The molecule has 4 heteroatoms. The van der Waals surface area contributed by atoms with Crippen LogP contribution in [0.2, 0.25) is 0 Å². The lowest BCUT2D eigenvalue weighted by Gasteiger charge is -2.07. The standard InChI is InChI=1S/C14H9F2NO/c1-18-11-4-2-10(3-5-11)14-12(15)6-9(8-17)7-13(14)16/h2-7H,1H3. The van der Waals surface area contributed by atoms with Gasteiger partial charge in [-0.05, 0) is 29.8 Å². The predicted molar refractivity (Wildman–Crippen MR) is 63.1 cm³/mol. The molecule has 0 radical (unpaired) electrons. The lowest BCUT2D eigenvalue weighted by atomic mass is 10.0. The van der Waals surface area contributed by atoms with Gasteiger partial charge in [0.2, 0.25) is 0 Å². The van der Waals surface area contributed by atoms with Crippen LogP contribution in [-0.4, -0.2) is 7.11 Å². The first kappa shape index (κ1) is 12.1. The lowest BCUT2D eigenvalue weighted by molar-refractivity contribution is 0.415. The predicted octanol–water partition coefficient (Wildman–Crippen LogP) is 3.51. The van der Waals surface area contributed by atoms with E-state index in [4.69, 9.17) is 10.00 Å². The number of rotatable bonds is 2. The monoisotopic (exact) mass is 245 g/mol. The number of hydrogen-bond acceptors (Lipinski definition) is 2. The quantitative estimate of drug-likeness (QED) is 0.811. The van der Waals surface area contributed by atoms with Gasteiger partial charge in [0.25, 0.3) is 0 Å². The largest absolute Gasteiger partial charge is 0.497 e. The summed E-state index contributed by atoms with van der Waals surface area (Å²) in [5, 5.41) is 8.62. The van der Waals surface area contributed by atoms with E-state index in [-0.39, 0.29) is 11.1 Å². The van der Waals surface area contributed by atoms with Crippen LogP contribution in [0.4, 0.5) is 8.78 Å². The molecular weight excluding hydrogens is 236 g/mol. The van der Waals surface area contributed by atoms with Crippen molar-refractivity contribution in [3.05, 3.63) is 53.6 Å². The molecule has 2 aromatic carbocycles. The molecule has 0 saturated heterocycles. The molecule has 0 atom stereocenters. The third-order valence-electron chi connectivity index (χ3n) is 2.55. The molecule has 2 rings (SSSR count). The highest BCUT2D eigenvalue weighted by atomic mass is 19.1. The molecular formula is C14H9F2NO. The lowest BCUT2D eigenvalue weighted by Crippen LogP contribution is -1.92. The molecule has 0 unspecified atom stereocenters. The molecule has 90 valence electrons. The number of nitriles is 1. The number of nitrogens with zero attached hydrogens (tertiary/aromatic N) is 1. The van der Waals surface area contributed by atoms with E-state index in [1.54, 1.807) is 30.3 Å². The summed E-state index contributed by atoms with van der Waals surface area (Å²) >= 11 is 0. The van der Waals surface area contributed by atoms with E-state index in [0.29, 0.717) is 11.3 Å². The van der Waals surface area contributed by atoms with Crippen LogP contribution in [0.5, 0.6) is 5.75 Å². The molecule has 0 spiro atoms. The summed E-state index contributed by atoms with van der Waals surface area (Å²) in [5.74, 6) is -0.901. The third kappa shape index (κ3) is 2.16. The molecule has 2 aromatic rings. The Morgan fingerprint density at radius 1 is 1.06 bits per heavy atom. The van der Waals surface area contributed by atoms with Crippen molar-refractivity contribution in [2.75, 3.05) is 7.11 Å². The minimum atomic E-state index is -0.753. The van der Waals surface area contributed by atoms with Crippen LogP contribution in [0, 0.1) is 23.0 Å². The number of methoxy groups -OCH3 is 1. The highest BCUT2D eigenvalue weighted by Gasteiger charge is 2.13. The Morgan fingerprint density at radius 2 is 1.61 bits per heavy atom. The van der Waals surface area contributed by atoms with Gasteiger partial charge in [-0.25, -0.2) is 8.78 Å². The molecule has 0 aromatic heterocycles. The maximum Gasteiger partial charge on any atom is 0.135 e. The number of hydrogen-bond donors (Lipinski definition) is 0. The van der Waals surface area contributed by atoms with Crippen molar-refractivity contribution in [2.24, 2.45) is 0 Å². The van der Waals surface area contributed by atoms with E-state index in [1.165, 1.54) is 7.11 Å². The Kier molecular flexibility index (Phi) is 3.24. The molecule has 0 N–H and O–H groups in total. The fourth-order valence-electron chi connectivity index (χ4n) is 1.67. The van der Waals surface area contributed by atoms with Gasteiger partial charge in [0.05, 0.1) is 24.3 Å². The van der Waals surface area contributed by atoms with Crippen molar-refractivity contribution in [1.82, 2.24) is 0 Å². The van der Waals surface area contributed by atoms with Gasteiger partial charge in [-0.3, -0.25) is 0 Å². The molecule has 0 saturated carbocycles. The van der Waals surface area contributed by atoms with Gasteiger partial charge >= 0.3 is 0 Å². The molecule has 0 heterocycles. The Morgan fingerprint density at radius 3 is 2.06 bits per heavy atom. The van der Waals surface area contributed by atoms with E-state index in [0.717, 1.165) is 12.1 Å². The molecule has 0 amide bonds. The first-order chi connectivity index (χ1) is 8.65. The zero-order chi connectivity index (χ0) is 13.1. The Labute approximate surface area is 103 Å². The van der Waals surface area contributed by atoms with Crippen LogP contribution < -0.4 is 4.74 Å². The topological polar surface area (TPSA) is 33.0 Å². The van der Waals surface area contributed by atoms with Crippen LogP contribution in [0.3, 0.4) is 0 Å². The van der Waals surface area contributed by atoms with E-state index >= 15 is 0 Å². The van der Waals surface area contributed by atoms with E-state index in [9.17, 15) is 8.78 Å².